The van der Waals surface area contributed by atoms with Gasteiger partial charge in [0.25, 0.3) is 0 Å². The standard InChI is InChI=1S/C16H13NO2S/c18-16(19)15-10-13(11-6-2-1-3-7-11)17-12-8-4-5-9-14(12)20-15/h1-9,15H,10H2,(H,18,19)/t15-/m1/s1. The largest absolute Gasteiger partial charge is 0.480 e. The maximum atomic E-state index is 11.4. The Balaban J connectivity index is 2.09. The molecule has 0 bridgehead atoms. The van der Waals surface area contributed by atoms with Gasteiger partial charge in [-0.25, -0.2) is 0 Å². The molecule has 4 heteroatoms. The fourth-order valence-electron chi connectivity index (χ4n) is 2.16. The Morgan fingerprint density at radius 1 is 1.10 bits per heavy atom. The smallest absolute Gasteiger partial charge is 0.317 e. The highest BCUT2D eigenvalue weighted by Gasteiger charge is 2.25. The van der Waals surface area contributed by atoms with Crippen LogP contribution in [0.25, 0.3) is 0 Å². The van der Waals surface area contributed by atoms with E-state index in [2.05, 4.69) is 4.99 Å². The van der Waals surface area contributed by atoms with Crippen LogP contribution in [-0.4, -0.2) is 22.0 Å². The first-order valence-corrected chi connectivity index (χ1v) is 7.23. The number of aliphatic imine (C=N–C) groups is 1. The Labute approximate surface area is 121 Å². The quantitative estimate of drug-likeness (QED) is 0.913. The van der Waals surface area contributed by atoms with E-state index in [0.717, 1.165) is 21.9 Å². The second-order valence-corrected chi connectivity index (χ2v) is 5.79. The fraction of sp³-hybridized carbons (Fsp3) is 0.125. The van der Waals surface area contributed by atoms with Crippen molar-refractivity contribution in [3.8, 4) is 0 Å². The molecule has 1 aliphatic rings. The highest BCUT2D eigenvalue weighted by molar-refractivity contribution is 8.00. The molecule has 0 unspecified atom stereocenters. The summed E-state index contributed by atoms with van der Waals surface area (Å²) < 4.78 is 0. The number of carboxylic acids is 1. The summed E-state index contributed by atoms with van der Waals surface area (Å²) in [6.07, 6.45) is 0.429. The van der Waals surface area contributed by atoms with Crippen LogP contribution in [0.4, 0.5) is 5.69 Å². The number of carboxylic acid groups (broad SMARTS) is 1. The van der Waals surface area contributed by atoms with Crippen molar-refractivity contribution in [1.82, 2.24) is 0 Å². The van der Waals surface area contributed by atoms with Gasteiger partial charge in [0.05, 0.1) is 11.4 Å². The van der Waals surface area contributed by atoms with Gasteiger partial charge in [-0.2, -0.15) is 0 Å². The van der Waals surface area contributed by atoms with Crippen LogP contribution in [-0.2, 0) is 4.79 Å². The molecule has 100 valence electrons. The molecule has 0 amide bonds. The molecule has 0 saturated heterocycles. The number of fused-ring (bicyclic) bond motifs is 1. The van der Waals surface area contributed by atoms with Crippen LogP contribution in [0.2, 0.25) is 0 Å². The average Bonchev–Trinajstić information content (AvgIpc) is 2.67. The van der Waals surface area contributed by atoms with Crippen LogP contribution < -0.4 is 0 Å². The van der Waals surface area contributed by atoms with Crippen LogP contribution in [0.3, 0.4) is 0 Å². The lowest BCUT2D eigenvalue weighted by atomic mass is 10.1. The van der Waals surface area contributed by atoms with Gasteiger partial charge in [-0.3, -0.25) is 9.79 Å². The average molecular weight is 283 g/mol. The number of hydrogen-bond acceptors (Lipinski definition) is 3. The van der Waals surface area contributed by atoms with Gasteiger partial charge in [0, 0.05) is 11.3 Å². The highest BCUT2D eigenvalue weighted by Crippen LogP contribution is 2.37. The molecule has 20 heavy (non-hydrogen) atoms. The third-order valence-electron chi connectivity index (χ3n) is 3.15. The number of nitrogens with zero attached hydrogens (tertiary/aromatic N) is 1. The van der Waals surface area contributed by atoms with Gasteiger partial charge < -0.3 is 5.11 Å². The maximum absolute atomic E-state index is 11.4. The van der Waals surface area contributed by atoms with E-state index in [9.17, 15) is 9.90 Å². The van der Waals surface area contributed by atoms with Crippen molar-refractivity contribution in [2.75, 3.05) is 0 Å². The van der Waals surface area contributed by atoms with Crippen molar-refractivity contribution in [1.29, 1.82) is 0 Å². The van der Waals surface area contributed by atoms with Crippen molar-refractivity contribution in [3.63, 3.8) is 0 Å². The van der Waals surface area contributed by atoms with Crippen LogP contribution in [0.5, 0.6) is 0 Å². The van der Waals surface area contributed by atoms with E-state index in [0.29, 0.717) is 6.42 Å². The Bertz CT molecular complexity index is 667. The lowest BCUT2D eigenvalue weighted by molar-refractivity contribution is -0.136. The molecule has 3 rings (SSSR count). The topological polar surface area (TPSA) is 49.7 Å². The summed E-state index contributed by atoms with van der Waals surface area (Å²) in [5.41, 5.74) is 2.66. The predicted molar refractivity (Wildman–Crippen MR) is 81.0 cm³/mol. The Morgan fingerprint density at radius 2 is 1.80 bits per heavy atom. The van der Waals surface area contributed by atoms with E-state index < -0.39 is 11.2 Å². The summed E-state index contributed by atoms with van der Waals surface area (Å²) in [4.78, 5) is 17.0. The van der Waals surface area contributed by atoms with Gasteiger partial charge in [-0.1, -0.05) is 42.5 Å². The summed E-state index contributed by atoms with van der Waals surface area (Å²) in [7, 11) is 0. The third-order valence-corrected chi connectivity index (χ3v) is 4.40. The van der Waals surface area contributed by atoms with Gasteiger partial charge in [-0.15, -0.1) is 11.8 Å². The van der Waals surface area contributed by atoms with Crippen molar-refractivity contribution >= 4 is 29.1 Å². The molecule has 2 aromatic rings. The number of thioether (sulfide) groups is 1. The highest BCUT2D eigenvalue weighted by atomic mass is 32.2. The molecule has 0 spiro atoms. The van der Waals surface area contributed by atoms with Crippen molar-refractivity contribution in [2.24, 2.45) is 4.99 Å². The maximum Gasteiger partial charge on any atom is 0.317 e. The lowest BCUT2D eigenvalue weighted by Crippen LogP contribution is -2.20. The number of carbonyl (C=O) groups is 1. The van der Waals surface area contributed by atoms with Gasteiger partial charge in [0.2, 0.25) is 0 Å². The van der Waals surface area contributed by atoms with Crippen molar-refractivity contribution in [2.45, 2.75) is 16.6 Å². The summed E-state index contributed by atoms with van der Waals surface area (Å²) in [5.74, 6) is -0.796. The zero-order valence-corrected chi connectivity index (χ0v) is 11.5. The van der Waals surface area contributed by atoms with E-state index in [4.69, 9.17) is 0 Å². The molecule has 1 heterocycles. The minimum Gasteiger partial charge on any atom is -0.480 e. The summed E-state index contributed by atoms with van der Waals surface area (Å²) in [6.45, 7) is 0. The molecular formula is C16H13NO2S. The first-order chi connectivity index (χ1) is 9.74. The van der Waals surface area contributed by atoms with E-state index in [1.165, 1.54) is 11.8 Å². The number of benzene rings is 2. The normalized spacial score (nSPS) is 17.8. The molecule has 0 radical (unpaired) electrons. The number of aliphatic carboxylic acids is 1. The van der Waals surface area contributed by atoms with Gasteiger partial charge in [0.1, 0.15) is 5.25 Å². The summed E-state index contributed by atoms with van der Waals surface area (Å²) in [6, 6.07) is 17.4. The molecule has 0 aromatic heterocycles. The van der Waals surface area contributed by atoms with Crippen LogP contribution >= 0.6 is 11.8 Å². The third kappa shape index (κ3) is 2.60. The fourth-order valence-corrected chi connectivity index (χ4v) is 3.20. The predicted octanol–water partition coefficient (Wildman–Crippen LogP) is 3.76. The molecule has 0 fully saturated rings. The molecule has 0 saturated carbocycles. The summed E-state index contributed by atoms with van der Waals surface area (Å²) >= 11 is 1.37. The molecule has 1 aliphatic heterocycles. The van der Waals surface area contributed by atoms with Gasteiger partial charge in [0.15, 0.2) is 0 Å². The lowest BCUT2D eigenvalue weighted by Gasteiger charge is -2.10. The number of rotatable bonds is 2. The monoisotopic (exact) mass is 283 g/mol. The van der Waals surface area contributed by atoms with Gasteiger partial charge in [-0.05, 0) is 17.7 Å². The molecule has 0 aliphatic carbocycles. The van der Waals surface area contributed by atoms with E-state index in [-0.39, 0.29) is 0 Å². The Hall–Kier alpha value is -2.07. The first-order valence-electron chi connectivity index (χ1n) is 6.35. The minimum atomic E-state index is -0.796. The van der Waals surface area contributed by atoms with E-state index in [1.807, 2.05) is 54.6 Å². The Kier molecular flexibility index (Phi) is 3.56. The van der Waals surface area contributed by atoms with E-state index >= 15 is 0 Å². The zero-order chi connectivity index (χ0) is 13.9. The SMILES string of the molecule is O=C(O)[C@H]1CC(c2ccccc2)=Nc2ccccc2S1. The second-order valence-electron chi connectivity index (χ2n) is 4.54. The first kappa shape index (κ1) is 12.9. The van der Waals surface area contributed by atoms with E-state index in [1.54, 1.807) is 0 Å². The minimum absolute atomic E-state index is 0.429. The zero-order valence-electron chi connectivity index (χ0n) is 10.7. The van der Waals surface area contributed by atoms with Crippen LogP contribution in [0, 0.1) is 0 Å². The van der Waals surface area contributed by atoms with Gasteiger partial charge >= 0.3 is 5.97 Å². The molecule has 2 aromatic carbocycles. The van der Waals surface area contributed by atoms with Crippen molar-refractivity contribution in [3.05, 3.63) is 60.2 Å². The second kappa shape index (κ2) is 5.51. The molecule has 3 nitrogen and oxygen atoms in total. The Morgan fingerprint density at radius 3 is 2.55 bits per heavy atom. The van der Waals surface area contributed by atoms with Crippen LogP contribution in [0.1, 0.15) is 12.0 Å². The number of para-hydroxylation sites is 1. The van der Waals surface area contributed by atoms with Crippen LogP contribution in [0.15, 0.2) is 64.5 Å². The number of hydrogen-bond donors (Lipinski definition) is 1. The van der Waals surface area contributed by atoms with Crippen molar-refractivity contribution < 1.29 is 9.90 Å². The molecule has 1 N–H and O–H groups in total. The molecular weight excluding hydrogens is 270 g/mol. The molecule has 1 atom stereocenters. The summed E-state index contributed by atoms with van der Waals surface area (Å²) in [5, 5.41) is 8.88.